The monoisotopic (exact) mass is 335 g/mol. The van der Waals surface area contributed by atoms with Gasteiger partial charge in [-0.3, -0.25) is 4.79 Å². The summed E-state index contributed by atoms with van der Waals surface area (Å²) in [4.78, 5) is 13.5. The molecule has 4 nitrogen and oxygen atoms in total. The molecule has 5 saturated carbocycles. The van der Waals surface area contributed by atoms with E-state index in [1.54, 1.807) is 7.11 Å². The van der Waals surface area contributed by atoms with Crippen LogP contribution in [-0.4, -0.2) is 35.9 Å². The van der Waals surface area contributed by atoms with Crippen molar-refractivity contribution in [2.45, 2.75) is 88.7 Å². The minimum absolute atomic E-state index is 0.169. The number of amides is 1. The first-order valence-electron chi connectivity index (χ1n) is 9.90. The molecule has 1 amide bonds. The van der Waals surface area contributed by atoms with Crippen molar-refractivity contribution >= 4 is 5.91 Å². The fourth-order valence-corrected chi connectivity index (χ4v) is 7.24. The third-order valence-electron chi connectivity index (χ3n) is 7.75. The Labute approximate surface area is 145 Å². The van der Waals surface area contributed by atoms with Crippen molar-refractivity contribution < 1.29 is 14.6 Å². The van der Waals surface area contributed by atoms with Gasteiger partial charge in [-0.05, 0) is 62.7 Å². The molecular formula is C20H33NO3. The Morgan fingerprint density at radius 2 is 1.92 bits per heavy atom. The Balaban J connectivity index is 1.59. The van der Waals surface area contributed by atoms with Crippen LogP contribution in [0.4, 0.5) is 0 Å². The maximum absolute atomic E-state index is 13.5. The second-order valence-corrected chi connectivity index (χ2v) is 9.74. The zero-order valence-corrected chi connectivity index (χ0v) is 15.3. The Bertz CT molecular complexity index is 529. The van der Waals surface area contributed by atoms with Gasteiger partial charge in [-0.25, -0.2) is 0 Å². The summed E-state index contributed by atoms with van der Waals surface area (Å²) in [5.74, 6) is 0.737. The SMILES string of the molecule is CCC12CC3CC(O)(C1)CC(C(=O)NC1(COC)CCCC1)(C3)C2. The molecule has 0 aromatic heterocycles. The van der Waals surface area contributed by atoms with E-state index in [-0.39, 0.29) is 22.3 Å². The van der Waals surface area contributed by atoms with Crippen LogP contribution in [0.25, 0.3) is 0 Å². The van der Waals surface area contributed by atoms with Gasteiger partial charge in [0.05, 0.1) is 23.2 Å². The highest BCUT2D eigenvalue weighted by Gasteiger charge is 2.65. The number of ether oxygens (including phenoxy) is 1. The Kier molecular flexibility index (Phi) is 3.82. The smallest absolute Gasteiger partial charge is 0.226 e. The van der Waals surface area contributed by atoms with E-state index in [1.807, 2.05) is 0 Å². The van der Waals surface area contributed by atoms with Gasteiger partial charge in [-0.1, -0.05) is 26.2 Å². The average molecular weight is 335 g/mol. The summed E-state index contributed by atoms with van der Waals surface area (Å²) in [5, 5.41) is 14.6. The number of aliphatic hydroxyl groups is 1. The first-order chi connectivity index (χ1) is 11.4. The zero-order chi connectivity index (χ0) is 17.1. The van der Waals surface area contributed by atoms with Gasteiger partial charge in [0.2, 0.25) is 5.91 Å². The van der Waals surface area contributed by atoms with Crippen LogP contribution in [0, 0.1) is 16.7 Å². The highest BCUT2D eigenvalue weighted by atomic mass is 16.5. The summed E-state index contributed by atoms with van der Waals surface area (Å²) in [6.45, 7) is 2.85. The van der Waals surface area contributed by atoms with Gasteiger partial charge < -0.3 is 15.2 Å². The molecule has 136 valence electrons. The van der Waals surface area contributed by atoms with Crippen molar-refractivity contribution in [1.82, 2.24) is 5.32 Å². The van der Waals surface area contributed by atoms with Crippen LogP contribution in [-0.2, 0) is 9.53 Å². The van der Waals surface area contributed by atoms with E-state index in [0.717, 1.165) is 44.9 Å². The average Bonchev–Trinajstić information content (AvgIpc) is 2.93. The lowest BCUT2D eigenvalue weighted by Crippen LogP contribution is -2.65. The molecule has 4 bridgehead atoms. The summed E-state index contributed by atoms with van der Waals surface area (Å²) in [7, 11) is 1.73. The Morgan fingerprint density at radius 3 is 2.54 bits per heavy atom. The van der Waals surface area contributed by atoms with Crippen LogP contribution in [0.15, 0.2) is 0 Å². The Hall–Kier alpha value is -0.610. The van der Waals surface area contributed by atoms with E-state index in [4.69, 9.17) is 4.74 Å². The molecule has 0 radical (unpaired) electrons. The zero-order valence-electron chi connectivity index (χ0n) is 15.3. The fourth-order valence-electron chi connectivity index (χ4n) is 7.24. The molecule has 4 unspecified atom stereocenters. The molecule has 5 aliphatic carbocycles. The van der Waals surface area contributed by atoms with Crippen molar-refractivity contribution in [1.29, 1.82) is 0 Å². The maximum Gasteiger partial charge on any atom is 0.226 e. The molecule has 0 spiro atoms. The largest absolute Gasteiger partial charge is 0.390 e. The highest BCUT2D eigenvalue weighted by Crippen LogP contribution is 2.67. The molecule has 2 N–H and O–H groups in total. The normalized spacial score (nSPS) is 45.5. The van der Waals surface area contributed by atoms with Gasteiger partial charge in [0.15, 0.2) is 0 Å². The molecule has 0 aromatic carbocycles. The maximum atomic E-state index is 13.5. The predicted molar refractivity (Wildman–Crippen MR) is 92.5 cm³/mol. The molecule has 0 aromatic rings. The van der Waals surface area contributed by atoms with E-state index < -0.39 is 5.60 Å². The summed E-state index contributed by atoms with van der Waals surface area (Å²) in [6, 6.07) is 0. The third kappa shape index (κ3) is 2.52. The molecule has 5 aliphatic rings. The van der Waals surface area contributed by atoms with Crippen LogP contribution in [0.5, 0.6) is 0 Å². The molecule has 5 rings (SSSR count). The van der Waals surface area contributed by atoms with Gasteiger partial charge in [-0.15, -0.1) is 0 Å². The number of hydrogen-bond donors (Lipinski definition) is 2. The first-order valence-corrected chi connectivity index (χ1v) is 9.90. The summed E-state index contributed by atoms with van der Waals surface area (Å²) in [6.07, 6.45) is 11.1. The van der Waals surface area contributed by atoms with Crippen LogP contribution in [0.2, 0.25) is 0 Å². The van der Waals surface area contributed by atoms with Gasteiger partial charge in [0.25, 0.3) is 0 Å². The minimum Gasteiger partial charge on any atom is -0.390 e. The molecular weight excluding hydrogens is 302 g/mol. The summed E-state index contributed by atoms with van der Waals surface area (Å²) < 4.78 is 5.45. The number of hydrogen-bond acceptors (Lipinski definition) is 3. The lowest BCUT2D eigenvalue weighted by molar-refractivity contribution is -0.205. The molecule has 4 atom stereocenters. The van der Waals surface area contributed by atoms with E-state index in [9.17, 15) is 9.90 Å². The van der Waals surface area contributed by atoms with E-state index >= 15 is 0 Å². The topological polar surface area (TPSA) is 58.6 Å². The lowest BCUT2D eigenvalue weighted by Gasteiger charge is -2.64. The van der Waals surface area contributed by atoms with Crippen LogP contribution in [0.1, 0.15) is 77.6 Å². The van der Waals surface area contributed by atoms with Crippen molar-refractivity contribution in [3.05, 3.63) is 0 Å². The van der Waals surface area contributed by atoms with Gasteiger partial charge in [-0.2, -0.15) is 0 Å². The molecule has 4 heteroatoms. The molecule has 0 heterocycles. The molecule has 0 saturated heterocycles. The number of carbonyl (C=O) groups is 1. The molecule has 24 heavy (non-hydrogen) atoms. The minimum atomic E-state index is -0.600. The number of nitrogens with one attached hydrogen (secondary N) is 1. The van der Waals surface area contributed by atoms with Crippen LogP contribution < -0.4 is 5.32 Å². The van der Waals surface area contributed by atoms with E-state index in [2.05, 4.69) is 12.2 Å². The summed E-state index contributed by atoms with van der Waals surface area (Å²) >= 11 is 0. The van der Waals surface area contributed by atoms with Crippen molar-refractivity contribution in [3.8, 4) is 0 Å². The van der Waals surface area contributed by atoms with E-state index in [0.29, 0.717) is 18.9 Å². The summed E-state index contributed by atoms with van der Waals surface area (Å²) in [5.41, 5.74) is -0.920. The number of carbonyl (C=O) groups excluding carboxylic acids is 1. The van der Waals surface area contributed by atoms with E-state index in [1.165, 1.54) is 19.3 Å². The predicted octanol–water partition coefficient (Wildman–Crippen LogP) is 3.17. The quantitative estimate of drug-likeness (QED) is 0.811. The fraction of sp³-hybridized carbons (Fsp3) is 0.950. The second-order valence-electron chi connectivity index (χ2n) is 9.74. The highest BCUT2D eigenvalue weighted by molar-refractivity contribution is 5.84. The molecule has 0 aliphatic heterocycles. The first kappa shape index (κ1) is 16.8. The van der Waals surface area contributed by atoms with Crippen LogP contribution >= 0.6 is 0 Å². The van der Waals surface area contributed by atoms with Crippen LogP contribution in [0.3, 0.4) is 0 Å². The van der Waals surface area contributed by atoms with Crippen molar-refractivity contribution in [2.24, 2.45) is 16.7 Å². The Morgan fingerprint density at radius 1 is 1.17 bits per heavy atom. The molecule has 5 fully saturated rings. The second kappa shape index (κ2) is 5.44. The van der Waals surface area contributed by atoms with Gasteiger partial charge in [0, 0.05) is 7.11 Å². The standard InChI is InChI=1S/C20H33NO3/c1-3-17-8-15-9-18(11-17,13-20(23,10-15)12-17)16(22)21-19(14-24-2)6-4-5-7-19/h15,23H,3-14H2,1-2H3,(H,21,22). The number of rotatable bonds is 5. The number of methoxy groups -OCH3 is 1. The van der Waals surface area contributed by atoms with Crippen molar-refractivity contribution in [3.63, 3.8) is 0 Å². The lowest BCUT2D eigenvalue weighted by atomic mass is 9.42. The van der Waals surface area contributed by atoms with Gasteiger partial charge >= 0.3 is 0 Å². The van der Waals surface area contributed by atoms with Gasteiger partial charge in [0.1, 0.15) is 0 Å². The third-order valence-corrected chi connectivity index (χ3v) is 7.75. The van der Waals surface area contributed by atoms with Crippen molar-refractivity contribution in [2.75, 3.05) is 13.7 Å².